The summed E-state index contributed by atoms with van der Waals surface area (Å²) >= 11 is 5.51. The van der Waals surface area contributed by atoms with Crippen LogP contribution in [-0.4, -0.2) is 23.7 Å². The average molecular weight is 257 g/mol. The zero-order chi connectivity index (χ0) is 12.8. The molecule has 1 N–H and O–H groups in total. The first-order valence-electron chi connectivity index (χ1n) is 6.05. The van der Waals surface area contributed by atoms with Gasteiger partial charge < -0.3 is 9.84 Å². The molecule has 1 aromatic rings. The number of hydrogen-bond acceptors (Lipinski definition) is 2. The fourth-order valence-corrected chi connectivity index (χ4v) is 1.70. The normalized spacial score (nSPS) is 14.4. The number of benzene rings is 1. The molecule has 2 atom stereocenters. The smallest absolute Gasteiger partial charge is 0.122 e. The number of rotatable bonds is 6. The van der Waals surface area contributed by atoms with Gasteiger partial charge in [-0.1, -0.05) is 26.0 Å². The Labute approximate surface area is 109 Å². The molecule has 0 heterocycles. The van der Waals surface area contributed by atoms with Gasteiger partial charge in [-0.2, -0.15) is 0 Å². The van der Waals surface area contributed by atoms with Crippen LogP contribution in [0.1, 0.15) is 37.3 Å². The van der Waals surface area contributed by atoms with Crippen LogP contribution in [0.5, 0.6) is 5.75 Å². The number of halogens is 1. The van der Waals surface area contributed by atoms with E-state index in [1.54, 1.807) is 0 Å². The minimum absolute atomic E-state index is 0.198. The van der Waals surface area contributed by atoms with E-state index in [-0.39, 0.29) is 12.5 Å². The molecule has 96 valence electrons. The molecule has 0 spiro atoms. The Balaban J connectivity index is 2.69. The first-order chi connectivity index (χ1) is 8.08. The van der Waals surface area contributed by atoms with Crippen molar-refractivity contribution in [3.8, 4) is 5.75 Å². The van der Waals surface area contributed by atoms with Gasteiger partial charge in [0, 0.05) is 0 Å². The molecule has 0 fully saturated rings. The number of alkyl halides is 1. The highest BCUT2D eigenvalue weighted by Crippen LogP contribution is 2.25. The molecule has 0 aliphatic rings. The molecular formula is C14H21ClO2. The highest BCUT2D eigenvalue weighted by molar-refractivity contribution is 6.18. The monoisotopic (exact) mass is 256 g/mol. The average Bonchev–Trinajstić information content (AvgIpc) is 2.35. The second-order valence-electron chi connectivity index (χ2n) is 4.45. The van der Waals surface area contributed by atoms with Gasteiger partial charge in [-0.15, -0.1) is 11.6 Å². The quantitative estimate of drug-likeness (QED) is 0.790. The van der Waals surface area contributed by atoms with Crippen LogP contribution in [0.4, 0.5) is 0 Å². The van der Waals surface area contributed by atoms with Gasteiger partial charge in [-0.05, 0) is 36.5 Å². The lowest BCUT2D eigenvalue weighted by Gasteiger charge is -2.15. The van der Waals surface area contributed by atoms with Gasteiger partial charge in [0.05, 0.1) is 5.88 Å². The first kappa shape index (κ1) is 14.3. The predicted molar refractivity (Wildman–Crippen MR) is 72.1 cm³/mol. The lowest BCUT2D eigenvalue weighted by atomic mass is 9.97. The molecule has 0 aromatic heterocycles. The Morgan fingerprint density at radius 3 is 2.65 bits per heavy atom. The molecule has 1 rings (SSSR count). The number of aliphatic hydroxyl groups is 1. The topological polar surface area (TPSA) is 29.5 Å². The largest absolute Gasteiger partial charge is 0.491 e. The van der Waals surface area contributed by atoms with Crippen LogP contribution in [0.25, 0.3) is 0 Å². The third kappa shape index (κ3) is 4.21. The molecule has 2 nitrogen and oxygen atoms in total. The van der Waals surface area contributed by atoms with Crippen LogP contribution < -0.4 is 4.74 Å². The molecule has 2 unspecified atom stereocenters. The highest BCUT2D eigenvalue weighted by atomic mass is 35.5. The molecule has 0 aliphatic carbocycles. The zero-order valence-electron chi connectivity index (χ0n) is 10.7. The maximum atomic E-state index is 9.33. The van der Waals surface area contributed by atoms with Crippen LogP contribution >= 0.6 is 11.6 Å². The van der Waals surface area contributed by atoms with E-state index in [1.807, 2.05) is 13.0 Å². The molecule has 0 saturated heterocycles. The summed E-state index contributed by atoms with van der Waals surface area (Å²) in [4.78, 5) is 0. The number of aryl methyl sites for hydroxylation is 1. The van der Waals surface area contributed by atoms with E-state index in [0.29, 0.717) is 5.92 Å². The van der Waals surface area contributed by atoms with Crippen molar-refractivity contribution in [2.75, 3.05) is 12.5 Å². The first-order valence-corrected chi connectivity index (χ1v) is 6.59. The fraction of sp³-hybridized carbons (Fsp3) is 0.571. The molecule has 0 amide bonds. The molecule has 0 saturated carbocycles. The van der Waals surface area contributed by atoms with E-state index in [4.69, 9.17) is 16.3 Å². The summed E-state index contributed by atoms with van der Waals surface area (Å²) in [7, 11) is 0. The van der Waals surface area contributed by atoms with Crippen molar-refractivity contribution in [2.24, 2.45) is 0 Å². The summed E-state index contributed by atoms with van der Waals surface area (Å²) in [5.74, 6) is 1.58. The standard InChI is InChI=1S/C14H21ClO2/c1-4-10(2)12-5-6-14(11(3)7-12)17-9-13(16)8-15/h5-7,10,13,16H,4,8-9H2,1-3H3. The van der Waals surface area contributed by atoms with Crippen molar-refractivity contribution in [1.82, 2.24) is 0 Å². The minimum Gasteiger partial charge on any atom is -0.491 e. The molecule has 0 aliphatic heterocycles. The summed E-state index contributed by atoms with van der Waals surface area (Å²) in [5, 5.41) is 9.33. The van der Waals surface area contributed by atoms with Crippen LogP contribution in [-0.2, 0) is 0 Å². The van der Waals surface area contributed by atoms with Gasteiger partial charge in [0.15, 0.2) is 0 Å². The molecule has 0 bridgehead atoms. The third-order valence-electron chi connectivity index (χ3n) is 2.99. The van der Waals surface area contributed by atoms with E-state index in [2.05, 4.69) is 26.0 Å². The van der Waals surface area contributed by atoms with Gasteiger partial charge in [0.2, 0.25) is 0 Å². The Kier molecular flexibility index (Phi) is 5.79. The SMILES string of the molecule is CCC(C)c1ccc(OCC(O)CCl)c(C)c1. The third-order valence-corrected chi connectivity index (χ3v) is 3.35. The minimum atomic E-state index is -0.606. The lowest BCUT2D eigenvalue weighted by Crippen LogP contribution is -2.19. The summed E-state index contributed by atoms with van der Waals surface area (Å²) in [6.07, 6.45) is 0.523. The van der Waals surface area contributed by atoms with Gasteiger partial charge in [-0.25, -0.2) is 0 Å². The van der Waals surface area contributed by atoms with Crippen LogP contribution in [0.3, 0.4) is 0 Å². The van der Waals surface area contributed by atoms with Crippen LogP contribution in [0.15, 0.2) is 18.2 Å². The van der Waals surface area contributed by atoms with Gasteiger partial charge in [-0.3, -0.25) is 0 Å². The number of hydrogen-bond donors (Lipinski definition) is 1. The maximum Gasteiger partial charge on any atom is 0.122 e. The van der Waals surface area contributed by atoms with E-state index in [0.717, 1.165) is 17.7 Å². The predicted octanol–water partition coefficient (Wildman–Crippen LogP) is 3.49. The Morgan fingerprint density at radius 2 is 2.12 bits per heavy atom. The Hall–Kier alpha value is -0.730. The summed E-state index contributed by atoms with van der Waals surface area (Å²) in [6.45, 7) is 6.66. The molecular weight excluding hydrogens is 236 g/mol. The van der Waals surface area contributed by atoms with Crippen molar-refractivity contribution >= 4 is 11.6 Å². The number of ether oxygens (including phenoxy) is 1. The van der Waals surface area contributed by atoms with Crippen LogP contribution in [0.2, 0.25) is 0 Å². The number of aliphatic hydroxyl groups excluding tert-OH is 1. The van der Waals surface area contributed by atoms with Crippen molar-refractivity contribution in [1.29, 1.82) is 0 Å². The van der Waals surface area contributed by atoms with E-state index in [1.165, 1.54) is 5.56 Å². The van der Waals surface area contributed by atoms with Gasteiger partial charge >= 0.3 is 0 Å². The fourth-order valence-electron chi connectivity index (χ4n) is 1.61. The van der Waals surface area contributed by atoms with E-state index >= 15 is 0 Å². The van der Waals surface area contributed by atoms with Crippen molar-refractivity contribution < 1.29 is 9.84 Å². The van der Waals surface area contributed by atoms with Gasteiger partial charge in [0.1, 0.15) is 18.5 Å². The summed E-state index contributed by atoms with van der Waals surface area (Å²) in [6, 6.07) is 6.21. The van der Waals surface area contributed by atoms with Crippen molar-refractivity contribution in [3.63, 3.8) is 0 Å². The maximum absolute atomic E-state index is 9.33. The Morgan fingerprint density at radius 1 is 1.41 bits per heavy atom. The second kappa shape index (κ2) is 6.87. The lowest BCUT2D eigenvalue weighted by molar-refractivity contribution is 0.125. The van der Waals surface area contributed by atoms with Crippen LogP contribution in [0, 0.1) is 6.92 Å². The highest BCUT2D eigenvalue weighted by Gasteiger charge is 2.08. The van der Waals surface area contributed by atoms with E-state index < -0.39 is 6.10 Å². The Bertz CT molecular complexity index is 352. The summed E-state index contributed by atoms with van der Waals surface area (Å²) < 4.78 is 5.52. The van der Waals surface area contributed by atoms with Crippen molar-refractivity contribution in [2.45, 2.75) is 39.2 Å². The van der Waals surface area contributed by atoms with Crippen molar-refractivity contribution in [3.05, 3.63) is 29.3 Å². The molecule has 17 heavy (non-hydrogen) atoms. The van der Waals surface area contributed by atoms with Gasteiger partial charge in [0.25, 0.3) is 0 Å². The van der Waals surface area contributed by atoms with E-state index in [9.17, 15) is 5.11 Å². The summed E-state index contributed by atoms with van der Waals surface area (Å²) in [5.41, 5.74) is 2.43. The molecule has 1 aromatic carbocycles. The zero-order valence-corrected chi connectivity index (χ0v) is 11.5. The second-order valence-corrected chi connectivity index (χ2v) is 4.76. The molecule has 0 radical (unpaired) electrons. The molecule has 3 heteroatoms.